The molecule has 140 heavy (non-hydrogen) atoms. The van der Waals surface area contributed by atoms with Crippen LogP contribution < -0.4 is 47.3 Å². The van der Waals surface area contributed by atoms with Gasteiger partial charge in [-0.15, -0.1) is 0 Å². The van der Waals surface area contributed by atoms with Crippen LogP contribution >= 0.6 is 23.5 Å². The Hall–Kier alpha value is -11.3. The lowest BCUT2D eigenvalue weighted by atomic mass is 9.89. The number of methoxy groups -OCH3 is 2. The maximum atomic E-state index is 14.9. The van der Waals surface area contributed by atoms with Gasteiger partial charge in [-0.1, -0.05) is 135 Å². The van der Waals surface area contributed by atoms with E-state index in [0.29, 0.717) is 121 Å². The molecule has 41 heteroatoms. The van der Waals surface area contributed by atoms with E-state index in [0.717, 1.165) is 40.6 Å². The number of alkyl halides is 3. The van der Waals surface area contributed by atoms with E-state index in [4.69, 9.17) is 48.4 Å². The van der Waals surface area contributed by atoms with Gasteiger partial charge in [0.1, 0.15) is 49.7 Å². The molecule has 0 radical (unpaired) electrons. The molecule has 766 valence electrons. The number of imide groups is 1. The summed E-state index contributed by atoms with van der Waals surface area (Å²) >= 11 is 1.82. The van der Waals surface area contributed by atoms with E-state index in [1.165, 1.54) is 38.3 Å². The number of rotatable bonds is 51. The zero-order chi connectivity index (χ0) is 102. The number of nitrogens with two attached hydrogens (primary N) is 1. The minimum absolute atomic E-state index is 0.00224. The Morgan fingerprint density at radius 2 is 1.17 bits per heavy atom. The fraction of sp³-hybridized carbons (Fsp3) is 0.545. The summed E-state index contributed by atoms with van der Waals surface area (Å²) in [6.07, 6.45) is -6.47. The molecule has 0 aromatic heterocycles. The van der Waals surface area contributed by atoms with Crippen LogP contribution in [0, 0.1) is 29.6 Å². The highest BCUT2D eigenvalue weighted by Gasteiger charge is 2.47. The Morgan fingerprint density at radius 1 is 0.614 bits per heavy atom. The highest BCUT2D eigenvalue weighted by Crippen LogP contribution is 2.47. The van der Waals surface area contributed by atoms with Gasteiger partial charge in [0.05, 0.1) is 129 Å². The SMILES string of the molecule is CCC(C)[C@@H]([C@@H](CC(=O)N1CCC[C@H]1[C@H](OC)[C@@H](C)C(=O)N[C@H](C)[C@@H](O)c1ccccc1)OC)N(C)C(=O)[C@@H](NC(=O)[C@H](C(C)C)N(C)C(=O)OCc1ccc(NC(=O)[C@H](CCCNC(N)=O)NC(=O)[C@@H](NC(=O)COCCOCCOCCOc2ccc(N3C(=O)C(Sc4ccc(C(=O)N5CCOCC5)cc4)=C(Sc4ccc(C(=O)N5CCOCC5)cc4)C3=O)cc2C(F)(F)F)C(C)C)cc1)C(C)C. The number of primary amides is 1. The normalized spacial score (nSPS) is 17.1. The Morgan fingerprint density at radius 3 is 1.69 bits per heavy atom. The molecule has 0 bridgehead atoms. The van der Waals surface area contributed by atoms with Gasteiger partial charge in [0, 0.05) is 94.2 Å². The molecule has 5 aromatic carbocycles. The van der Waals surface area contributed by atoms with Crippen LogP contribution in [-0.2, 0) is 93.8 Å². The summed E-state index contributed by atoms with van der Waals surface area (Å²) in [5.74, 6) is -8.95. The smallest absolute Gasteiger partial charge is 0.420 e. The number of likely N-dealkylation sites (N-methyl/N-ethyl adjacent to an activating group) is 2. The van der Waals surface area contributed by atoms with Gasteiger partial charge >= 0.3 is 18.3 Å². The number of nitrogens with zero attached hydrogens (tertiary/aromatic N) is 6. The number of nitrogens with one attached hydrogen (secondary N) is 6. The van der Waals surface area contributed by atoms with Crippen LogP contribution in [0.5, 0.6) is 5.75 Å². The predicted molar refractivity (Wildman–Crippen MR) is 516 cm³/mol. The van der Waals surface area contributed by atoms with Crippen LogP contribution in [0.1, 0.15) is 151 Å². The van der Waals surface area contributed by atoms with Gasteiger partial charge in [0.25, 0.3) is 23.6 Å². The molecule has 3 fully saturated rings. The minimum atomic E-state index is -5.03. The standard InChI is InChI=1S/C99H134F3N13O23S2/c1-15-62(8)83(77(130-13)56-79(117)114-40-20-24-75(114)85(131-14)63(9)88(119)105-64(10)84(118)66-21-17-16-18-22-66)110(11)94(125)81(60(4)5)109-91(122)82(61(6)7)111(12)98(129)138-57-65-25-31-69(32-26-65)106-89(120)74(23-19-39-104-97(103)128)107-90(121)80(59(2)3)108-78(116)58-136-52-51-134-49-50-135-53-54-137-76-38-33-70(55-73(76)99(100,101)102)115-95(126)86(139-71-34-27-67(28-35-71)92(123)112-41-45-132-46-42-112)87(96(115)127)140-72-36-29-68(30-37-72)93(124)113-43-47-133-48-44-113/h16-18,21-22,25-38,55,59-64,74-75,77,80-85,118H,15,19-20,23-24,39-54,56-58H2,1-14H3,(H,105,119)(H,106,120)(H,107,121)(H,108,116)(H,109,122)(H3,103,104,128)/t62?,63-,64-,74+,75+,77-,80+,81+,82+,83+,84-,85-/m1/s1. The van der Waals surface area contributed by atoms with Gasteiger partial charge in [0.2, 0.25) is 41.4 Å². The molecule has 12 atom stereocenters. The minimum Gasteiger partial charge on any atom is -0.491 e. The number of carbonyl (C=O) groups is 13. The molecule has 36 nitrogen and oxygen atoms in total. The number of morpholine rings is 2. The largest absolute Gasteiger partial charge is 0.491 e. The van der Waals surface area contributed by atoms with Crippen molar-refractivity contribution in [1.29, 1.82) is 0 Å². The first kappa shape index (κ1) is 112. The molecule has 4 aliphatic rings. The number of aliphatic hydroxyl groups excluding tert-OH is 1. The summed E-state index contributed by atoms with van der Waals surface area (Å²) in [7, 11) is 6.02. The lowest BCUT2D eigenvalue weighted by molar-refractivity contribution is -0.148. The van der Waals surface area contributed by atoms with Crippen LogP contribution in [0.15, 0.2) is 141 Å². The van der Waals surface area contributed by atoms with Crippen LogP contribution in [0.25, 0.3) is 0 Å². The second-order valence-corrected chi connectivity index (χ2v) is 37.9. The molecule has 0 aliphatic carbocycles. The van der Waals surface area contributed by atoms with Crippen LogP contribution in [0.4, 0.5) is 34.1 Å². The first-order chi connectivity index (χ1) is 66.8. The third-order valence-electron chi connectivity index (χ3n) is 24.8. The Labute approximate surface area is 823 Å². The first-order valence-electron chi connectivity index (χ1n) is 47.1. The first-order valence-corrected chi connectivity index (χ1v) is 48.8. The summed E-state index contributed by atoms with van der Waals surface area (Å²) in [6.45, 7) is 20.0. The number of benzene rings is 5. The van der Waals surface area contributed by atoms with E-state index in [1.807, 2.05) is 19.9 Å². The fourth-order valence-electron chi connectivity index (χ4n) is 16.8. The van der Waals surface area contributed by atoms with E-state index < -0.39 is 162 Å². The summed E-state index contributed by atoms with van der Waals surface area (Å²) in [5, 5.41) is 27.5. The molecule has 0 saturated carbocycles. The number of thioether (sulfide) groups is 2. The van der Waals surface area contributed by atoms with Crippen LogP contribution in [-0.4, -0.2) is 301 Å². The van der Waals surface area contributed by atoms with E-state index in [9.17, 15) is 80.6 Å². The summed E-state index contributed by atoms with van der Waals surface area (Å²) in [6, 6.07) is 23.7. The second-order valence-electron chi connectivity index (χ2n) is 35.8. The number of ether oxygens (including phenoxy) is 9. The quantitative estimate of drug-likeness (QED) is 0.0133. The highest BCUT2D eigenvalue weighted by atomic mass is 32.2. The Kier molecular flexibility index (Phi) is 43.9. The third kappa shape index (κ3) is 31.6. The third-order valence-corrected chi connectivity index (χ3v) is 27.1. The molecule has 1 unspecified atom stereocenters. The Bertz CT molecular complexity index is 4940. The number of hydrogen-bond acceptors (Lipinski definition) is 25. The predicted octanol–water partition coefficient (Wildman–Crippen LogP) is 9.35. The second kappa shape index (κ2) is 54.7. The number of likely N-dealkylation sites (tertiary alicyclic amines) is 1. The molecule has 14 amide bonds. The zero-order valence-corrected chi connectivity index (χ0v) is 83.5. The number of urea groups is 1. The van der Waals surface area contributed by atoms with Crippen molar-refractivity contribution in [1.82, 2.24) is 51.1 Å². The van der Waals surface area contributed by atoms with Crippen molar-refractivity contribution < 1.29 is 123 Å². The maximum absolute atomic E-state index is 14.9. The van der Waals surface area contributed by atoms with E-state index in [1.54, 1.807) is 162 Å². The average Bonchev–Trinajstić information content (AvgIpc) is 1.61. The number of aliphatic hydroxyl groups is 1. The summed E-state index contributed by atoms with van der Waals surface area (Å²) < 4.78 is 95.6. The maximum Gasteiger partial charge on any atom is 0.420 e. The molecule has 4 aliphatic heterocycles. The number of carbonyl (C=O) groups excluding carboxylic acids is 13. The van der Waals surface area contributed by atoms with Crippen molar-refractivity contribution in [3.63, 3.8) is 0 Å². The molecule has 9 rings (SSSR count). The van der Waals surface area contributed by atoms with Crippen LogP contribution in [0.3, 0.4) is 0 Å². The molecule has 4 heterocycles. The van der Waals surface area contributed by atoms with Crippen molar-refractivity contribution in [2.75, 3.05) is 150 Å². The van der Waals surface area contributed by atoms with Gasteiger partial charge in [-0.2, -0.15) is 13.2 Å². The zero-order valence-electron chi connectivity index (χ0n) is 81.8. The van der Waals surface area contributed by atoms with Crippen LogP contribution in [0.2, 0.25) is 0 Å². The van der Waals surface area contributed by atoms with Crippen molar-refractivity contribution in [3.8, 4) is 5.75 Å². The molecular formula is C99H134F3N13O23S2. The molecule has 0 spiro atoms. The van der Waals surface area contributed by atoms with Crippen molar-refractivity contribution in [3.05, 3.63) is 159 Å². The fourth-order valence-corrected chi connectivity index (χ4v) is 18.8. The summed E-state index contributed by atoms with van der Waals surface area (Å²) in [5.41, 5.74) is 5.80. The average molecular weight is 2000 g/mol. The van der Waals surface area contributed by atoms with Crippen molar-refractivity contribution in [2.24, 2.45) is 35.3 Å². The lowest BCUT2D eigenvalue weighted by Gasteiger charge is -2.41. The topological polar surface area (TPSA) is 443 Å². The number of anilines is 2. The van der Waals surface area contributed by atoms with E-state index in [2.05, 4.69) is 31.9 Å². The van der Waals surface area contributed by atoms with E-state index >= 15 is 0 Å². The lowest BCUT2D eigenvalue weighted by Crippen LogP contribution is -2.60. The monoisotopic (exact) mass is 1990 g/mol. The van der Waals surface area contributed by atoms with Gasteiger partial charge in [-0.05, 0) is 146 Å². The molecule has 5 aromatic rings. The number of amides is 14. The highest BCUT2D eigenvalue weighted by molar-refractivity contribution is 8.08. The summed E-state index contributed by atoms with van der Waals surface area (Å²) in [4.78, 5) is 189. The molecular weight excluding hydrogens is 1860 g/mol. The number of halogens is 3. The Balaban J connectivity index is 0.709. The van der Waals surface area contributed by atoms with Crippen molar-refractivity contribution in [2.45, 2.75) is 191 Å². The van der Waals surface area contributed by atoms with Gasteiger partial charge in [-0.25, -0.2) is 14.5 Å². The van der Waals surface area contributed by atoms with Crippen molar-refractivity contribution >= 4 is 112 Å². The molecule has 9 N–H and O–H groups in total. The number of hydrogen-bond donors (Lipinski definition) is 8. The van der Waals surface area contributed by atoms with Gasteiger partial charge in [0.15, 0.2) is 0 Å². The van der Waals surface area contributed by atoms with E-state index in [-0.39, 0.29) is 123 Å². The van der Waals surface area contributed by atoms with Gasteiger partial charge in [-0.3, -0.25) is 57.6 Å². The van der Waals surface area contributed by atoms with Gasteiger partial charge < -0.3 is 105 Å². The molecule has 3 saturated heterocycles.